The molecule has 2 aromatic rings. The minimum Gasteiger partial charge on any atom is -0.379 e. The van der Waals surface area contributed by atoms with Gasteiger partial charge in [-0.05, 0) is 31.6 Å². The topological polar surface area (TPSA) is 101 Å². The summed E-state index contributed by atoms with van der Waals surface area (Å²) in [5, 5.41) is 37.6. The molecule has 0 aromatic heterocycles. The van der Waals surface area contributed by atoms with Crippen LogP contribution in [0.2, 0.25) is 0 Å². The van der Waals surface area contributed by atoms with Crippen LogP contribution in [0.15, 0.2) is 36.4 Å². The van der Waals surface area contributed by atoms with Crippen molar-refractivity contribution in [2.24, 2.45) is 0 Å². The number of aliphatic hydroxyl groups is 2. The summed E-state index contributed by atoms with van der Waals surface area (Å²) in [6.45, 7) is 11.9. The van der Waals surface area contributed by atoms with E-state index in [0.29, 0.717) is 37.6 Å². The molecule has 14 heteroatoms. The molecule has 2 aliphatic heterocycles. The van der Waals surface area contributed by atoms with E-state index in [1.165, 1.54) is 12.1 Å². The molecule has 2 aromatic carbocycles. The van der Waals surface area contributed by atoms with Crippen molar-refractivity contribution >= 4 is 11.4 Å². The van der Waals surface area contributed by atoms with Crippen molar-refractivity contribution in [1.29, 1.82) is 10.5 Å². The van der Waals surface area contributed by atoms with E-state index in [-0.39, 0.29) is 22.3 Å². The first-order valence-corrected chi connectivity index (χ1v) is 14.8. The van der Waals surface area contributed by atoms with E-state index in [2.05, 4.69) is 23.6 Å². The highest BCUT2D eigenvalue weighted by Gasteiger charge is 2.42. The molecule has 2 N–H and O–H groups in total. The number of nitriles is 2. The van der Waals surface area contributed by atoms with Gasteiger partial charge in [-0.2, -0.15) is 36.9 Å². The van der Waals surface area contributed by atoms with E-state index in [1.54, 1.807) is 12.1 Å². The van der Waals surface area contributed by atoms with E-state index in [4.69, 9.17) is 0 Å². The molecule has 45 heavy (non-hydrogen) atoms. The largest absolute Gasteiger partial charge is 0.418 e. The van der Waals surface area contributed by atoms with Gasteiger partial charge in [-0.3, -0.25) is 4.90 Å². The Kier molecular flexibility index (Phi) is 12.5. The maximum atomic E-state index is 12.8. The first kappa shape index (κ1) is 35.9. The summed E-state index contributed by atoms with van der Waals surface area (Å²) >= 11 is 0. The summed E-state index contributed by atoms with van der Waals surface area (Å²) < 4.78 is 76.6. The van der Waals surface area contributed by atoms with Gasteiger partial charge in [0, 0.05) is 63.5 Å². The number of benzene rings is 2. The normalized spacial score (nSPS) is 18.0. The number of anilines is 2. The third-order valence-corrected chi connectivity index (χ3v) is 8.00. The molecule has 0 radical (unpaired) electrons. The molecule has 0 bridgehead atoms. The van der Waals surface area contributed by atoms with E-state index in [9.17, 15) is 47.1 Å². The molecule has 0 saturated carbocycles. The second-order valence-electron chi connectivity index (χ2n) is 10.8. The van der Waals surface area contributed by atoms with Gasteiger partial charge in [-0.1, -0.05) is 38.1 Å². The van der Waals surface area contributed by atoms with Crippen LogP contribution in [0.3, 0.4) is 0 Å². The lowest BCUT2D eigenvalue weighted by atomic mass is 10.00. The lowest BCUT2D eigenvalue weighted by Crippen LogP contribution is -2.46. The van der Waals surface area contributed by atoms with Gasteiger partial charge in [-0.15, -0.1) is 0 Å². The molecule has 2 heterocycles. The second kappa shape index (κ2) is 15.6. The first-order chi connectivity index (χ1) is 21.3. The number of hydrogen-bond acceptors (Lipinski definition) is 8. The predicted molar refractivity (Wildman–Crippen MR) is 158 cm³/mol. The number of alkyl halides is 6. The molecule has 4 rings (SSSR count). The van der Waals surface area contributed by atoms with Crippen molar-refractivity contribution in [3.05, 3.63) is 58.7 Å². The van der Waals surface area contributed by atoms with Gasteiger partial charge in [0.25, 0.3) is 0 Å². The summed E-state index contributed by atoms with van der Waals surface area (Å²) in [7, 11) is 0. The number of aliphatic hydroxyl groups excluding tert-OH is 2. The van der Waals surface area contributed by atoms with Crippen molar-refractivity contribution < 1.29 is 36.6 Å². The molecule has 2 aliphatic rings. The molecular weight excluding hydrogens is 602 g/mol. The van der Waals surface area contributed by atoms with Gasteiger partial charge >= 0.3 is 12.4 Å². The van der Waals surface area contributed by atoms with E-state index in [1.807, 2.05) is 21.9 Å². The Morgan fingerprint density at radius 2 is 1.04 bits per heavy atom. The smallest absolute Gasteiger partial charge is 0.379 e. The van der Waals surface area contributed by atoms with Crippen molar-refractivity contribution in [3.63, 3.8) is 0 Å². The molecule has 2 saturated heterocycles. The molecule has 246 valence electrons. The van der Waals surface area contributed by atoms with Gasteiger partial charge in [0.2, 0.25) is 0 Å². The minimum absolute atomic E-state index is 0.0960. The monoisotopic (exact) mass is 640 g/mol. The average molecular weight is 641 g/mol. The summed E-state index contributed by atoms with van der Waals surface area (Å²) in [4.78, 5) is 8.34. The fourth-order valence-electron chi connectivity index (χ4n) is 5.53. The maximum Gasteiger partial charge on any atom is 0.418 e. The number of rotatable bonds is 7. The zero-order valence-electron chi connectivity index (χ0n) is 25.2. The Morgan fingerprint density at radius 3 is 1.36 bits per heavy atom. The first-order valence-electron chi connectivity index (χ1n) is 14.8. The van der Waals surface area contributed by atoms with Gasteiger partial charge in [0.05, 0.1) is 22.5 Å². The predicted octanol–water partition coefficient (Wildman–Crippen LogP) is 4.98. The zero-order valence-corrected chi connectivity index (χ0v) is 25.2. The molecule has 0 amide bonds. The van der Waals surface area contributed by atoms with Crippen LogP contribution in [0.1, 0.15) is 54.7 Å². The summed E-state index contributed by atoms with van der Waals surface area (Å²) in [6.07, 6.45) is -13.8. The minimum atomic E-state index is -4.79. The average Bonchev–Trinajstić information content (AvgIpc) is 3.03. The quantitative estimate of drug-likeness (QED) is 0.409. The standard InChI is InChI=1S/C16H20F3N3O.C15H18F3N3O/c1-2-6-21-7-9-22(10-8-21)14-5-3-4-12(13(14)11-20)15(23)16(17,18)19;1-2-20-6-8-21(9-7-20)13-5-3-4-11(12(13)10-19)14(22)15(16,17)18/h3-5,15,23H,2,6-10H2,1H3;3-5,14,22H,2,6-9H2,1H3. The fraction of sp³-hybridized carbons (Fsp3) is 0.548. The van der Waals surface area contributed by atoms with Crippen molar-refractivity contribution in [1.82, 2.24) is 9.80 Å². The lowest BCUT2D eigenvalue weighted by molar-refractivity contribution is -0.207. The van der Waals surface area contributed by atoms with Crippen LogP contribution in [0.4, 0.5) is 37.7 Å². The van der Waals surface area contributed by atoms with Crippen LogP contribution >= 0.6 is 0 Å². The number of hydrogen-bond donors (Lipinski definition) is 2. The highest BCUT2D eigenvalue weighted by molar-refractivity contribution is 5.64. The van der Waals surface area contributed by atoms with Crippen LogP contribution in [0.5, 0.6) is 0 Å². The van der Waals surface area contributed by atoms with Crippen LogP contribution in [0, 0.1) is 22.7 Å². The van der Waals surface area contributed by atoms with E-state index < -0.39 is 24.6 Å². The SMILES string of the molecule is CCCN1CCN(c2cccc(C(O)C(F)(F)F)c2C#N)CC1.CCN1CCN(c2cccc(C(O)C(F)(F)F)c2C#N)CC1. The summed E-state index contributed by atoms with van der Waals surface area (Å²) in [5.74, 6) is 0. The highest BCUT2D eigenvalue weighted by atomic mass is 19.4. The molecular formula is C31H38F6N6O2. The molecule has 0 aliphatic carbocycles. The van der Waals surface area contributed by atoms with Crippen LogP contribution in [-0.2, 0) is 0 Å². The highest BCUT2D eigenvalue weighted by Crippen LogP contribution is 2.38. The van der Waals surface area contributed by atoms with Gasteiger partial charge in [0.15, 0.2) is 12.2 Å². The third kappa shape index (κ3) is 9.01. The molecule has 2 unspecified atom stereocenters. The van der Waals surface area contributed by atoms with Crippen LogP contribution < -0.4 is 9.80 Å². The Hall–Kier alpha value is -3.56. The van der Waals surface area contributed by atoms with Crippen LogP contribution in [-0.4, -0.2) is 97.8 Å². The number of piperazine rings is 2. The Labute approximate surface area is 259 Å². The summed E-state index contributed by atoms with van der Waals surface area (Å²) in [5.41, 5.74) is -0.0408. The number of likely N-dealkylation sites (N-methyl/N-ethyl adjacent to an activating group) is 1. The van der Waals surface area contributed by atoms with Gasteiger partial charge in [-0.25, -0.2) is 0 Å². The second-order valence-corrected chi connectivity index (χ2v) is 10.8. The fourth-order valence-corrected chi connectivity index (χ4v) is 5.53. The Morgan fingerprint density at radius 1 is 0.667 bits per heavy atom. The number of halogens is 6. The zero-order chi connectivity index (χ0) is 33.4. The van der Waals surface area contributed by atoms with E-state index in [0.717, 1.165) is 57.8 Å². The third-order valence-electron chi connectivity index (χ3n) is 8.00. The van der Waals surface area contributed by atoms with Crippen molar-refractivity contribution in [2.45, 2.75) is 44.8 Å². The summed E-state index contributed by atoms with van der Waals surface area (Å²) in [6, 6.07) is 12.2. The van der Waals surface area contributed by atoms with Crippen molar-refractivity contribution in [3.8, 4) is 12.1 Å². The Bertz CT molecular complexity index is 1340. The Balaban J connectivity index is 0.000000246. The lowest BCUT2D eigenvalue weighted by Gasteiger charge is -2.36. The molecule has 8 nitrogen and oxygen atoms in total. The molecule has 0 spiro atoms. The number of nitrogens with zero attached hydrogens (tertiary/aromatic N) is 6. The maximum absolute atomic E-state index is 12.8. The van der Waals surface area contributed by atoms with Gasteiger partial charge < -0.3 is 24.9 Å². The molecule has 2 atom stereocenters. The van der Waals surface area contributed by atoms with Crippen LogP contribution in [0.25, 0.3) is 0 Å². The van der Waals surface area contributed by atoms with E-state index >= 15 is 0 Å². The molecule has 2 fully saturated rings. The van der Waals surface area contributed by atoms with Crippen molar-refractivity contribution in [2.75, 3.05) is 75.2 Å². The van der Waals surface area contributed by atoms with Gasteiger partial charge in [0.1, 0.15) is 12.1 Å².